The molecule has 12 heteroatoms. The van der Waals surface area contributed by atoms with Gasteiger partial charge in [-0.1, -0.05) is 0 Å². The third kappa shape index (κ3) is 111. The Morgan fingerprint density at radius 1 is 0.600 bits per heavy atom. The second-order valence-corrected chi connectivity index (χ2v) is 8.22. The highest BCUT2D eigenvalue weighted by atomic mass is 32.3. The quantitative estimate of drug-likeness (QED) is 0.199. The molecule has 0 radical (unpaired) electrons. The molecular formula is C8H24N2O8S2. The summed E-state index contributed by atoms with van der Waals surface area (Å²) in [6, 6.07) is 0. The van der Waals surface area contributed by atoms with Gasteiger partial charge >= 0.3 is 0 Å². The molecule has 0 aromatic carbocycles. The maximum atomic E-state index is 9.37. The van der Waals surface area contributed by atoms with E-state index in [0.29, 0.717) is 0 Å². The van der Waals surface area contributed by atoms with Gasteiger partial charge in [0.1, 0.15) is 0 Å². The predicted octanol–water partition coefficient (Wildman–Crippen LogP) is -1.50. The van der Waals surface area contributed by atoms with Gasteiger partial charge in [0.15, 0.2) is 0 Å². The Kier molecular flexibility index (Phi) is 10.9. The molecule has 20 heavy (non-hydrogen) atoms. The number of nitrogens with zero attached hydrogens (tertiary/aromatic N) is 2. The summed E-state index contributed by atoms with van der Waals surface area (Å²) in [7, 11) is 6.38. The van der Waals surface area contributed by atoms with Crippen LogP contribution in [0.5, 0.6) is 0 Å². The molecule has 0 amide bonds. The van der Waals surface area contributed by atoms with Crippen molar-refractivity contribution in [1.82, 2.24) is 0 Å². The fourth-order valence-electron chi connectivity index (χ4n) is 0.0680. The molecule has 0 bridgehead atoms. The van der Waals surface area contributed by atoms with Crippen LogP contribution in [-0.2, 0) is 29.5 Å². The lowest BCUT2D eigenvalue weighted by atomic mass is 10.8. The van der Waals surface area contributed by atoms with Crippen LogP contribution in [0, 0.1) is 0 Å². The summed E-state index contributed by atoms with van der Waals surface area (Å²) in [6.07, 6.45) is 0. The summed E-state index contributed by atoms with van der Waals surface area (Å²) >= 11 is 0. The van der Waals surface area contributed by atoms with Gasteiger partial charge in [0.05, 0.1) is 56.4 Å². The molecule has 0 unspecified atom stereocenters. The number of hydrogen-bond donors (Lipinski definition) is 0. The van der Waals surface area contributed by atoms with Crippen molar-refractivity contribution < 1.29 is 43.6 Å². The summed E-state index contributed by atoms with van der Waals surface area (Å²) in [5.74, 6) is 0. The average molecular weight is 340 g/mol. The Bertz CT molecular complexity index is 388. The molecule has 0 spiro atoms. The van der Waals surface area contributed by atoms with Crippen molar-refractivity contribution in [2.24, 2.45) is 0 Å². The molecule has 0 saturated heterocycles. The first-order valence-corrected chi connectivity index (χ1v) is 7.74. The summed E-state index contributed by atoms with van der Waals surface area (Å²) in [5.41, 5.74) is 0. The van der Waals surface area contributed by atoms with Crippen molar-refractivity contribution in [3.63, 3.8) is 0 Å². The maximum absolute atomic E-state index is 9.37. The summed E-state index contributed by atoms with van der Waals surface area (Å²) in [5, 5.41) is 0. The van der Waals surface area contributed by atoms with Gasteiger partial charge in [-0.15, -0.1) is 8.67 Å². The first-order valence-electron chi connectivity index (χ1n) is 5.08. The normalized spacial score (nSPS) is 12.7. The van der Waals surface area contributed by atoms with Crippen molar-refractivity contribution in [2.75, 3.05) is 56.4 Å². The summed E-state index contributed by atoms with van der Waals surface area (Å²) in [4.78, 5) is 0. The number of hydrogen-bond acceptors (Lipinski definition) is 8. The zero-order valence-corrected chi connectivity index (χ0v) is 14.6. The van der Waals surface area contributed by atoms with Gasteiger partial charge in [0.25, 0.3) is 0 Å². The lowest BCUT2D eigenvalue weighted by Gasteiger charge is -2.14. The topological polar surface area (TPSA) is 133 Å². The predicted molar refractivity (Wildman–Crippen MR) is 69.5 cm³/mol. The van der Waals surface area contributed by atoms with E-state index in [1.54, 1.807) is 0 Å². The molecule has 0 aliphatic heterocycles. The van der Waals surface area contributed by atoms with Crippen molar-refractivity contribution in [3.05, 3.63) is 0 Å². The van der Waals surface area contributed by atoms with E-state index in [2.05, 4.69) is 65.0 Å². The monoisotopic (exact) mass is 340 g/mol. The van der Waals surface area contributed by atoms with E-state index in [0.717, 1.165) is 8.97 Å². The Labute approximate surface area is 121 Å². The van der Waals surface area contributed by atoms with Crippen LogP contribution in [0.2, 0.25) is 0 Å². The van der Waals surface area contributed by atoms with Gasteiger partial charge in [-0.25, -0.2) is 16.8 Å². The molecule has 0 aliphatic rings. The van der Waals surface area contributed by atoms with E-state index < -0.39 is 20.8 Å². The van der Waals surface area contributed by atoms with Crippen molar-refractivity contribution >= 4 is 20.8 Å². The lowest BCUT2D eigenvalue weighted by Crippen LogP contribution is -2.27. The second kappa shape index (κ2) is 8.84. The summed E-state index contributed by atoms with van der Waals surface area (Å²) in [6.45, 7) is 0. The van der Waals surface area contributed by atoms with Crippen LogP contribution >= 0.6 is 0 Å². The van der Waals surface area contributed by atoms with Crippen molar-refractivity contribution in [2.45, 2.75) is 0 Å². The molecule has 0 aromatic heterocycles. The third-order valence-electron chi connectivity index (χ3n) is 0.194. The minimum Gasteiger partial charge on any atom is -0.724 e. The minimum atomic E-state index is -5.31. The zero-order valence-electron chi connectivity index (χ0n) is 13.0. The van der Waals surface area contributed by atoms with E-state index in [9.17, 15) is 25.9 Å². The van der Waals surface area contributed by atoms with E-state index in [1.807, 2.05) is 0 Å². The number of rotatable bonds is 3. The van der Waals surface area contributed by atoms with Crippen LogP contribution in [0.25, 0.3) is 0 Å². The molecule has 0 atom stereocenters. The van der Waals surface area contributed by atoms with Crippen LogP contribution in [0.15, 0.2) is 0 Å². The van der Waals surface area contributed by atoms with Gasteiger partial charge in [0, 0.05) is 0 Å². The van der Waals surface area contributed by atoms with Crippen molar-refractivity contribution in [3.8, 4) is 0 Å². The second-order valence-electron chi connectivity index (χ2n) is 6.32. The highest BCUT2D eigenvalue weighted by Gasteiger charge is 1.99. The van der Waals surface area contributed by atoms with Crippen LogP contribution in [-0.4, -0.2) is 91.3 Å². The smallest absolute Gasteiger partial charge is 0.246 e. The SMILES string of the molecule is C[N+](C)(C)C.C[N+](C)(C)C.O=S(=O)([O-])OOS(=O)(=O)[O-]. The third-order valence-corrected chi connectivity index (χ3v) is 0.750. The molecule has 10 nitrogen and oxygen atoms in total. The molecule has 0 fully saturated rings. The number of quaternary nitrogens is 2. The van der Waals surface area contributed by atoms with E-state index >= 15 is 0 Å². The van der Waals surface area contributed by atoms with Gasteiger partial charge in [-0.05, 0) is 0 Å². The fraction of sp³-hybridized carbons (Fsp3) is 1.00. The van der Waals surface area contributed by atoms with Gasteiger partial charge in [0.2, 0.25) is 20.8 Å². The maximum Gasteiger partial charge on any atom is 0.246 e. The van der Waals surface area contributed by atoms with E-state index in [1.165, 1.54) is 0 Å². The average Bonchev–Trinajstić information content (AvgIpc) is 1.90. The molecule has 0 N–H and O–H groups in total. The Hall–Kier alpha value is -0.340. The van der Waals surface area contributed by atoms with Gasteiger partial charge in [-0.2, -0.15) is 0 Å². The highest BCUT2D eigenvalue weighted by Crippen LogP contribution is 1.92. The Morgan fingerprint density at radius 2 is 0.700 bits per heavy atom. The molecule has 0 aromatic rings. The van der Waals surface area contributed by atoms with E-state index in [-0.39, 0.29) is 0 Å². The van der Waals surface area contributed by atoms with Crippen LogP contribution in [0.4, 0.5) is 0 Å². The van der Waals surface area contributed by atoms with Gasteiger partial charge < -0.3 is 18.1 Å². The van der Waals surface area contributed by atoms with Crippen LogP contribution in [0.1, 0.15) is 0 Å². The standard InChI is InChI=1S/2C4H12N.H2O8S2/c2*1-5(2,3)4;1-9(2,3)7-8-10(4,5)6/h2*1-4H3;(H,1,2,3)(H,4,5,6)/q2*+1;/p-2. The van der Waals surface area contributed by atoms with Crippen LogP contribution < -0.4 is 0 Å². The zero-order chi connectivity index (χ0) is 17.4. The molecule has 0 saturated carbocycles. The molecule has 0 rings (SSSR count). The Morgan fingerprint density at radius 3 is 0.750 bits per heavy atom. The minimum absolute atomic E-state index is 1.00. The molecule has 126 valence electrons. The first-order chi connectivity index (χ1) is 8.21. The largest absolute Gasteiger partial charge is 0.724 e. The first kappa shape index (κ1) is 24.7. The lowest BCUT2D eigenvalue weighted by molar-refractivity contribution is -0.849. The van der Waals surface area contributed by atoms with E-state index in [4.69, 9.17) is 0 Å². The molecule has 0 heterocycles. The highest BCUT2D eigenvalue weighted by molar-refractivity contribution is 7.83. The Balaban J connectivity index is -0.000000244. The van der Waals surface area contributed by atoms with Crippen LogP contribution in [0.3, 0.4) is 0 Å². The fourth-order valence-corrected chi connectivity index (χ4v) is 0.612. The molecule has 0 aliphatic carbocycles. The van der Waals surface area contributed by atoms with Crippen molar-refractivity contribution in [1.29, 1.82) is 0 Å². The molecular weight excluding hydrogens is 316 g/mol. The van der Waals surface area contributed by atoms with Gasteiger partial charge in [-0.3, -0.25) is 0 Å². The summed E-state index contributed by atoms with van der Waals surface area (Å²) < 4.78 is 63.5.